The van der Waals surface area contributed by atoms with Gasteiger partial charge < -0.3 is 10.6 Å². The van der Waals surface area contributed by atoms with E-state index >= 15 is 0 Å². The smallest absolute Gasteiger partial charge is 0.255 e. The zero-order chi connectivity index (χ0) is 18.7. The normalized spacial score (nSPS) is 10.5. The molecule has 0 spiro atoms. The summed E-state index contributed by atoms with van der Waals surface area (Å²) < 4.78 is 26.1. The van der Waals surface area contributed by atoms with Gasteiger partial charge in [-0.25, -0.2) is 13.8 Å². The van der Waals surface area contributed by atoms with Crippen LogP contribution in [0.2, 0.25) is 10.0 Å². The van der Waals surface area contributed by atoms with Crippen LogP contribution in [0.1, 0.15) is 10.4 Å². The largest absolute Gasteiger partial charge is 0.340 e. The minimum Gasteiger partial charge on any atom is -0.340 e. The predicted molar refractivity (Wildman–Crippen MR) is 98.3 cm³/mol. The van der Waals surface area contributed by atoms with E-state index in [-0.39, 0.29) is 5.56 Å². The van der Waals surface area contributed by atoms with Crippen LogP contribution in [0.15, 0.2) is 54.7 Å². The highest BCUT2D eigenvalue weighted by Gasteiger charge is 2.10. The highest BCUT2D eigenvalue weighted by molar-refractivity contribution is 6.42. The van der Waals surface area contributed by atoms with Gasteiger partial charge in [-0.2, -0.15) is 0 Å². The number of carbonyl (C=O) groups excluding carboxylic acids is 1. The summed E-state index contributed by atoms with van der Waals surface area (Å²) in [5, 5.41) is 6.45. The van der Waals surface area contributed by atoms with Crippen molar-refractivity contribution in [1.82, 2.24) is 4.98 Å². The van der Waals surface area contributed by atoms with Gasteiger partial charge in [0.15, 0.2) is 11.6 Å². The monoisotopic (exact) mass is 393 g/mol. The topological polar surface area (TPSA) is 54.0 Å². The van der Waals surface area contributed by atoms with E-state index in [4.69, 9.17) is 23.2 Å². The van der Waals surface area contributed by atoms with E-state index in [9.17, 15) is 13.6 Å². The fourth-order valence-corrected chi connectivity index (χ4v) is 2.40. The number of carbonyl (C=O) groups is 1. The van der Waals surface area contributed by atoms with Crippen molar-refractivity contribution >= 4 is 46.3 Å². The molecule has 0 unspecified atom stereocenters. The minimum atomic E-state index is -1.09. The number of rotatable bonds is 4. The van der Waals surface area contributed by atoms with E-state index in [0.717, 1.165) is 12.1 Å². The Morgan fingerprint density at radius 3 is 2.31 bits per heavy atom. The summed E-state index contributed by atoms with van der Waals surface area (Å²) in [6.07, 6.45) is 1.43. The third-order valence-electron chi connectivity index (χ3n) is 3.40. The lowest BCUT2D eigenvalue weighted by atomic mass is 10.2. The van der Waals surface area contributed by atoms with E-state index in [1.165, 1.54) is 12.3 Å². The molecular formula is C18H11Cl2F2N3O. The van der Waals surface area contributed by atoms with Gasteiger partial charge in [-0.05, 0) is 48.5 Å². The Morgan fingerprint density at radius 2 is 1.65 bits per heavy atom. The molecular weight excluding hydrogens is 383 g/mol. The van der Waals surface area contributed by atoms with Crippen LogP contribution in [-0.2, 0) is 0 Å². The summed E-state index contributed by atoms with van der Waals surface area (Å²) in [4.78, 5) is 16.2. The lowest BCUT2D eigenvalue weighted by Gasteiger charge is -2.09. The van der Waals surface area contributed by atoms with Crippen LogP contribution in [0.3, 0.4) is 0 Å². The van der Waals surface area contributed by atoms with E-state index in [2.05, 4.69) is 15.6 Å². The second-order valence-corrected chi connectivity index (χ2v) is 6.08. The average molecular weight is 394 g/mol. The van der Waals surface area contributed by atoms with Crippen LogP contribution in [0.5, 0.6) is 0 Å². The second kappa shape index (κ2) is 7.68. The van der Waals surface area contributed by atoms with Crippen molar-refractivity contribution in [3.05, 3.63) is 82.0 Å². The highest BCUT2D eigenvalue weighted by Crippen LogP contribution is 2.26. The highest BCUT2D eigenvalue weighted by atomic mass is 35.5. The lowest BCUT2D eigenvalue weighted by Crippen LogP contribution is -2.12. The number of hydrogen-bond acceptors (Lipinski definition) is 3. The van der Waals surface area contributed by atoms with Crippen molar-refractivity contribution in [2.75, 3.05) is 10.6 Å². The molecule has 2 aromatic carbocycles. The van der Waals surface area contributed by atoms with Gasteiger partial charge in [0.05, 0.1) is 21.9 Å². The van der Waals surface area contributed by atoms with E-state index < -0.39 is 17.5 Å². The summed E-state index contributed by atoms with van der Waals surface area (Å²) in [6.45, 7) is 0. The van der Waals surface area contributed by atoms with Crippen molar-refractivity contribution < 1.29 is 13.6 Å². The van der Waals surface area contributed by atoms with Crippen LogP contribution in [0.4, 0.5) is 26.0 Å². The molecule has 0 bridgehead atoms. The average Bonchev–Trinajstić information content (AvgIpc) is 2.62. The Bertz CT molecular complexity index is 965. The Balaban J connectivity index is 1.68. The van der Waals surface area contributed by atoms with Gasteiger partial charge in [0.25, 0.3) is 5.91 Å². The van der Waals surface area contributed by atoms with Gasteiger partial charge in [-0.3, -0.25) is 4.79 Å². The van der Waals surface area contributed by atoms with E-state index in [0.29, 0.717) is 27.2 Å². The zero-order valence-electron chi connectivity index (χ0n) is 13.1. The van der Waals surface area contributed by atoms with Gasteiger partial charge in [-0.1, -0.05) is 23.2 Å². The molecule has 132 valence electrons. The van der Waals surface area contributed by atoms with Crippen molar-refractivity contribution in [3.63, 3.8) is 0 Å². The van der Waals surface area contributed by atoms with Gasteiger partial charge in [0.1, 0.15) is 5.82 Å². The number of nitrogens with one attached hydrogen (secondary N) is 2. The fraction of sp³-hybridized carbons (Fsp3) is 0. The maximum absolute atomic E-state index is 13.2. The number of amides is 1. The molecule has 3 rings (SSSR count). The molecule has 0 aliphatic carbocycles. The lowest BCUT2D eigenvalue weighted by molar-refractivity contribution is 0.102. The number of aromatic nitrogens is 1. The molecule has 3 aromatic rings. The summed E-state index contributed by atoms with van der Waals surface area (Å²) in [7, 11) is 0. The summed E-state index contributed by atoms with van der Waals surface area (Å²) in [5.74, 6) is -2.15. The van der Waals surface area contributed by atoms with Crippen molar-refractivity contribution in [2.24, 2.45) is 0 Å². The molecule has 0 saturated heterocycles. The maximum Gasteiger partial charge on any atom is 0.255 e. The van der Waals surface area contributed by atoms with Crippen LogP contribution in [0, 0.1) is 11.6 Å². The molecule has 0 radical (unpaired) electrons. The van der Waals surface area contributed by atoms with Crippen LogP contribution in [-0.4, -0.2) is 10.9 Å². The number of hydrogen-bond donors (Lipinski definition) is 2. The molecule has 0 atom stereocenters. The van der Waals surface area contributed by atoms with Crippen LogP contribution < -0.4 is 10.6 Å². The summed E-state index contributed by atoms with van der Waals surface area (Å²) in [5.41, 5.74) is 1.10. The molecule has 2 N–H and O–H groups in total. The standard InChI is InChI=1S/C18H11Cl2F2N3O/c19-13-4-2-11(8-14(13)20)24-17-6-3-12(9-23-17)25-18(26)10-1-5-15(21)16(22)7-10/h1-9H,(H,23,24)(H,25,26). The molecule has 1 heterocycles. The molecule has 26 heavy (non-hydrogen) atoms. The molecule has 1 amide bonds. The quantitative estimate of drug-likeness (QED) is 0.600. The minimum absolute atomic E-state index is 0.00177. The Kier molecular flexibility index (Phi) is 5.35. The van der Waals surface area contributed by atoms with Gasteiger partial charge in [-0.15, -0.1) is 0 Å². The number of pyridine rings is 1. The molecule has 1 aromatic heterocycles. The zero-order valence-corrected chi connectivity index (χ0v) is 14.6. The van der Waals surface area contributed by atoms with Crippen molar-refractivity contribution in [2.45, 2.75) is 0 Å². The first-order valence-corrected chi connectivity index (χ1v) is 8.12. The molecule has 0 aliphatic heterocycles. The number of anilines is 3. The molecule has 0 fully saturated rings. The van der Waals surface area contributed by atoms with Crippen LogP contribution in [0.25, 0.3) is 0 Å². The first kappa shape index (κ1) is 18.1. The van der Waals surface area contributed by atoms with Crippen molar-refractivity contribution in [1.29, 1.82) is 0 Å². The van der Waals surface area contributed by atoms with Crippen molar-refractivity contribution in [3.8, 4) is 0 Å². The third kappa shape index (κ3) is 4.28. The van der Waals surface area contributed by atoms with Gasteiger partial charge >= 0.3 is 0 Å². The summed E-state index contributed by atoms with van der Waals surface area (Å²) in [6, 6.07) is 11.2. The molecule has 0 aliphatic rings. The first-order chi connectivity index (χ1) is 12.4. The molecule has 4 nitrogen and oxygen atoms in total. The van der Waals surface area contributed by atoms with Gasteiger partial charge in [0, 0.05) is 11.3 Å². The summed E-state index contributed by atoms with van der Waals surface area (Å²) >= 11 is 11.8. The Labute approximate surface area is 157 Å². The fourth-order valence-electron chi connectivity index (χ4n) is 2.10. The molecule has 0 saturated carbocycles. The van der Waals surface area contributed by atoms with Gasteiger partial charge in [0.2, 0.25) is 0 Å². The Hall–Kier alpha value is -2.70. The van der Waals surface area contributed by atoms with E-state index in [1.807, 2.05) is 0 Å². The van der Waals surface area contributed by atoms with Crippen LogP contribution >= 0.6 is 23.2 Å². The maximum atomic E-state index is 13.2. The number of benzene rings is 2. The van der Waals surface area contributed by atoms with E-state index in [1.54, 1.807) is 30.3 Å². The number of nitrogens with zero attached hydrogens (tertiary/aromatic N) is 1. The first-order valence-electron chi connectivity index (χ1n) is 7.37. The second-order valence-electron chi connectivity index (χ2n) is 5.27. The number of halogens is 4. The Morgan fingerprint density at radius 1 is 0.885 bits per heavy atom. The molecule has 8 heteroatoms. The third-order valence-corrected chi connectivity index (χ3v) is 4.13. The SMILES string of the molecule is O=C(Nc1ccc(Nc2ccc(Cl)c(Cl)c2)nc1)c1ccc(F)c(F)c1. The predicted octanol–water partition coefficient (Wildman–Crippen LogP) is 5.66.